The molecule has 3 aromatic carbocycles. The standard InChI is InChI=1S/C44H41FN4O6S/c1-44(2,3)55-43(52)47-18-16-28-20-29(10-11-30(28)22-47)39-35-17-19-56-41(35)38(34-14-13-32(45)21-36(34)53-4)40(46-39)31-12-15-37(50)49(23-31)33-24-48(25-33)42(51)54-26-27-8-6-5-7-9-27/h5-15,17,19-21,23,33H,16,18,22,24-26H2,1-4H3. The van der Waals surface area contributed by atoms with Crippen molar-refractivity contribution in [3.8, 4) is 39.4 Å². The van der Waals surface area contributed by atoms with Crippen LogP contribution in [-0.4, -0.2) is 63.9 Å². The smallest absolute Gasteiger partial charge is 0.410 e. The van der Waals surface area contributed by atoms with Gasteiger partial charge in [0.25, 0.3) is 5.56 Å². The maximum Gasteiger partial charge on any atom is 0.410 e. The maximum atomic E-state index is 14.5. The SMILES string of the molecule is COc1cc(F)ccc1-c1c(-c2ccc(=O)n(C3CN(C(=O)OCc4ccccc4)C3)c2)nc(-c2ccc3c(c2)CCN(C(=O)OC(C)(C)C)C3)c2ccsc12. The highest BCUT2D eigenvalue weighted by Gasteiger charge is 2.34. The van der Waals surface area contributed by atoms with E-state index in [1.807, 2.05) is 74.7 Å². The molecule has 286 valence electrons. The van der Waals surface area contributed by atoms with Crippen molar-refractivity contribution in [1.29, 1.82) is 0 Å². The Morgan fingerprint density at radius 3 is 2.45 bits per heavy atom. The van der Waals surface area contributed by atoms with E-state index in [2.05, 4.69) is 6.07 Å². The van der Waals surface area contributed by atoms with Gasteiger partial charge in [0.05, 0.1) is 24.5 Å². The van der Waals surface area contributed by atoms with Crippen molar-refractivity contribution in [2.24, 2.45) is 0 Å². The highest BCUT2D eigenvalue weighted by Crippen LogP contribution is 2.46. The number of carbonyl (C=O) groups is 2. The molecule has 0 aliphatic carbocycles. The lowest BCUT2D eigenvalue weighted by Gasteiger charge is -2.39. The number of ether oxygens (including phenoxy) is 3. The van der Waals surface area contributed by atoms with Crippen LogP contribution in [0.15, 0.2) is 101 Å². The van der Waals surface area contributed by atoms with Gasteiger partial charge in [-0.25, -0.2) is 19.0 Å². The summed E-state index contributed by atoms with van der Waals surface area (Å²) in [4.78, 5) is 47.7. The summed E-state index contributed by atoms with van der Waals surface area (Å²) in [6.07, 6.45) is 1.69. The maximum absolute atomic E-state index is 14.5. The number of thiophene rings is 1. The zero-order chi connectivity index (χ0) is 39.1. The summed E-state index contributed by atoms with van der Waals surface area (Å²) in [6, 6.07) is 25.2. The number of hydrogen-bond donors (Lipinski definition) is 0. The summed E-state index contributed by atoms with van der Waals surface area (Å²) in [6.45, 7) is 7.37. The van der Waals surface area contributed by atoms with Gasteiger partial charge in [-0.15, -0.1) is 11.3 Å². The van der Waals surface area contributed by atoms with Crippen LogP contribution >= 0.6 is 11.3 Å². The van der Waals surface area contributed by atoms with E-state index >= 15 is 0 Å². The Balaban J connectivity index is 1.16. The van der Waals surface area contributed by atoms with Gasteiger partial charge < -0.3 is 28.6 Å². The van der Waals surface area contributed by atoms with Crippen molar-refractivity contribution in [3.05, 3.63) is 129 Å². The van der Waals surface area contributed by atoms with Crippen LogP contribution in [0.4, 0.5) is 14.0 Å². The lowest BCUT2D eigenvalue weighted by atomic mass is 9.93. The van der Waals surface area contributed by atoms with Gasteiger partial charge in [0.15, 0.2) is 0 Å². The Hall–Kier alpha value is -6.01. The van der Waals surface area contributed by atoms with Gasteiger partial charge in [0, 0.05) is 76.8 Å². The van der Waals surface area contributed by atoms with Gasteiger partial charge in [0.1, 0.15) is 23.8 Å². The minimum atomic E-state index is -0.581. The van der Waals surface area contributed by atoms with Gasteiger partial charge in [-0.1, -0.05) is 42.5 Å². The van der Waals surface area contributed by atoms with Crippen LogP contribution in [0.2, 0.25) is 0 Å². The number of halogens is 1. The van der Waals surface area contributed by atoms with E-state index in [0.717, 1.165) is 43.6 Å². The van der Waals surface area contributed by atoms with E-state index in [9.17, 15) is 18.8 Å². The number of hydrogen-bond acceptors (Lipinski definition) is 8. The first kappa shape index (κ1) is 36.9. The third-order valence-corrected chi connectivity index (χ3v) is 11.0. The van der Waals surface area contributed by atoms with E-state index < -0.39 is 17.5 Å². The van der Waals surface area contributed by atoms with Gasteiger partial charge >= 0.3 is 12.2 Å². The zero-order valence-corrected chi connectivity index (χ0v) is 32.4. The van der Waals surface area contributed by atoms with Crippen LogP contribution in [-0.2, 0) is 29.0 Å². The molecule has 1 fully saturated rings. The number of rotatable bonds is 7. The summed E-state index contributed by atoms with van der Waals surface area (Å²) >= 11 is 1.55. The molecular weight excluding hydrogens is 732 g/mol. The van der Waals surface area contributed by atoms with E-state index in [4.69, 9.17) is 19.2 Å². The Kier molecular flexibility index (Phi) is 9.84. The summed E-state index contributed by atoms with van der Waals surface area (Å²) in [7, 11) is 1.51. The highest BCUT2D eigenvalue weighted by molar-refractivity contribution is 7.18. The predicted molar refractivity (Wildman–Crippen MR) is 214 cm³/mol. The van der Waals surface area contributed by atoms with Crippen LogP contribution in [0.25, 0.3) is 43.7 Å². The third-order valence-electron chi connectivity index (χ3n) is 10.1. The number of amides is 2. The largest absolute Gasteiger partial charge is 0.496 e. The molecule has 12 heteroatoms. The van der Waals surface area contributed by atoms with Crippen LogP contribution in [0.1, 0.15) is 43.5 Å². The van der Waals surface area contributed by atoms with Crippen LogP contribution in [0.5, 0.6) is 5.75 Å². The Morgan fingerprint density at radius 1 is 0.893 bits per heavy atom. The van der Waals surface area contributed by atoms with Crippen LogP contribution in [0, 0.1) is 5.82 Å². The number of likely N-dealkylation sites (tertiary alicyclic amines) is 1. The molecule has 56 heavy (non-hydrogen) atoms. The molecule has 0 bridgehead atoms. The summed E-state index contributed by atoms with van der Waals surface area (Å²) < 4.78 is 34.0. The van der Waals surface area contributed by atoms with Crippen molar-refractivity contribution >= 4 is 33.6 Å². The summed E-state index contributed by atoms with van der Waals surface area (Å²) in [5.41, 5.74) is 6.65. The first-order chi connectivity index (χ1) is 27.0. The molecule has 0 saturated carbocycles. The summed E-state index contributed by atoms with van der Waals surface area (Å²) in [5, 5.41) is 2.93. The number of benzene rings is 3. The molecule has 2 aliphatic rings. The van der Waals surface area contributed by atoms with E-state index in [1.165, 1.54) is 25.3 Å². The molecule has 0 unspecified atom stereocenters. The number of pyridine rings is 2. The zero-order valence-electron chi connectivity index (χ0n) is 31.6. The highest BCUT2D eigenvalue weighted by atomic mass is 32.1. The van der Waals surface area contributed by atoms with E-state index in [0.29, 0.717) is 55.2 Å². The van der Waals surface area contributed by atoms with Gasteiger partial charge in [-0.3, -0.25) is 4.79 Å². The van der Waals surface area contributed by atoms with Gasteiger partial charge in [-0.05, 0) is 79.6 Å². The minimum absolute atomic E-state index is 0.167. The van der Waals surface area contributed by atoms with E-state index in [-0.39, 0.29) is 24.3 Å². The molecule has 6 aromatic rings. The van der Waals surface area contributed by atoms with Crippen molar-refractivity contribution in [1.82, 2.24) is 19.4 Å². The third kappa shape index (κ3) is 7.36. The molecular formula is C44H41FN4O6S. The fourth-order valence-corrected chi connectivity index (χ4v) is 8.23. The fourth-order valence-electron chi connectivity index (χ4n) is 7.28. The average Bonchev–Trinajstić information content (AvgIpc) is 3.66. The molecule has 0 N–H and O–H groups in total. The molecule has 8 rings (SSSR count). The second-order valence-corrected chi connectivity index (χ2v) is 16.0. The molecule has 0 radical (unpaired) electrons. The topological polar surface area (TPSA) is 103 Å². The Labute approximate surface area is 327 Å². The average molecular weight is 773 g/mol. The molecule has 10 nitrogen and oxygen atoms in total. The van der Waals surface area contributed by atoms with Crippen molar-refractivity contribution in [2.75, 3.05) is 26.7 Å². The van der Waals surface area contributed by atoms with Gasteiger partial charge in [0.2, 0.25) is 0 Å². The molecule has 2 aliphatic heterocycles. The first-order valence-electron chi connectivity index (χ1n) is 18.5. The van der Waals surface area contributed by atoms with Gasteiger partial charge in [-0.2, -0.15) is 0 Å². The monoisotopic (exact) mass is 772 g/mol. The minimum Gasteiger partial charge on any atom is -0.496 e. The summed E-state index contributed by atoms with van der Waals surface area (Å²) in [5.74, 6) is -0.0698. The second kappa shape index (κ2) is 14.9. The van der Waals surface area contributed by atoms with Crippen molar-refractivity contribution in [3.63, 3.8) is 0 Å². The fraction of sp³-hybridized carbons (Fsp3) is 0.273. The number of methoxy groups -OCH3 is 1. The molecule has 0 spiro atoms. The molecule has 1 saturated heterocycles. The second-order valence-electron chi connectivity index (χ2n) is 15.1. The van der Waals surface area contributed by atoms with Crippen molar-refractivity contribution in [2.45, 2.75) is 52.0 Å². The number of fused-ring (bicyclic) bond motifs is 2. The number of aromatic nitrogens is 2. The van der Waals surface area contributed by atoms with Crippen LogP contribution in [0.3, 0.4) is 0 Å². The van der Waals surface area contributed by atoms with Crippen molar-refractivity contribution < 1.29 is 28.2 Å². The Morgan fingerprint density at radius 2 is 1.68 bits per heavy atom. The van der Waals surface area contributed by atoms with Crippen LogP contribution < -0.4 is 10.3 Å². The normalized spacial score (nSPS) is 14.3. The Bertz CT molecular complexity index is 2520. The number of nitrogens with zero attached hydrogens (tertiary/aromatic N) is 4. The predicted octanol–water partition coefficient (Wildman–Crippen LogP) is 9.09. The molecule has 2 amide bonds. The quantitative estimate of drug-likeness (QED) is 0.160. The molecule has 0 atom stereocenters. The van der Waals surface area contributed by atoms with E-state index in [1.54, 1.807) is 44.0 Å². The number of carbonyl (C=O) groups excluding carboxylic acids is 2. The first-order valence-corrected chi connectivity index (χ1v) is 19.4. The molecule has 5 heterocycles. The lowest BCUT2D eigenvalue weighted by Crippen LogP contribution is -2.52. The lowest BCUT2D eigenvalue weighted by molar-refractivity contribution is 0.0224. The molecule has 3 aromatic heterocycles.